The van der Waals surface area contributed by atoms with E-state index in [2.05, 4.69) is 20.8 Å². The number of aliphatic hydroxyl groups excluding tert-OH is 1. The van der Waals surface area contributed by atoms with Crippen molar-refractivity contribution >= 4 is 11.8 Å². The lowest BCUT2D eigenvalue weighted by Crippen LogP contribution is -2.12. The van der Waals surface area contributed by atoms with Crippen LogP contribution in [0.15, 0.2) is 0 Å². The van der Waals surface area contributed by atoms with E-state index in [9.17, 15) is 0 Å². The largest absolute Gasteiger partial charge is 0.386 e. The highest BCUT2D eigenvalue weighted by Crippen LogP contribution is 2.25. The third-order valence-electron chi connectivity index (χ3n) is 1.31. The maximum Gasteiger partial charge on any atom is 0.0891 e. The number of hydrogen-bond donors (Lipinski definition) is 1. The maximum absolute atomic E-state index is 8.50. The molecule has 50 valence electrons. The number of rotatable bonds is 3. The van der Waals surface area contributed by atoms with Gasteiger partial charge in [0.05, 0.1) is 5.94 Å². The Hall–Kier alpha value is 0.310. The first-order chi connectivity index (χ1) is 3.62. The lowest BCUT2D eigenvalue weighted by molar-refractivity contribution is 0.372. The normalized spacial score (nSPS) is 12.0. The monoisotopic (exact) mass is 134 g/mol. The Morgan fingerprint density at radius 2 is 2.00 bits per heavy atom. The molecule has 0 aromatic carbocycles. The molecule has 0 spiro atoms. The molecule has 1 nitrogen and oxygen atoms in total. The topological polar surface area (TPSA) is 20.2 Å². The van der Waals surface area contributed by atoms with E-state index >= 15 is 0 Å². The molecule has 8 heavy (non-hydrogen) atoms. The Morgan fingerprint density at radius 1 is 1.50 bits per heavy atom. The molecule has 0 amide bonds. The Kier molecular flexibility index (Phi) is 3.49. The predicted molar refractivity (Wildman–Crippen MR) is 39.0 cm³/mol. The fourth-order valence-electron chi connectivity index (χ4n) is 0.277. The molecule has 0 aliphatic rings. The van der Waals surface area contributed by atoms with Crippen molar-refractivity contribution in [2.75, 3.05) is 5.94 Å². The third kappa shape index (κ3) is 3.33. The van der Waals surface area contributed by atoms with Gasteiger partial charge in [-0.25, -0.2) is 0 Å². The van der Waals surface area contributed by atoms with E-state index in [-0.39, 0.29) is 10.7 Å². The first-order valence-corrected chi connectivity index (χ1v) is 3.86. The molecule has 0 rings (SSSR count). The molecule has 0 saturated carbocycles. The van der Waals surface area contributed by atoms with Crippen molar-refractivity contribution in [2.45, 2.75) is 31.9 Å². The zero-order valence-corrected chi connectivity index (χ0v) is 6.59. The van der Waals surface area contributed by atoms with Crippen molar-refractivity contribution in [3.63, 3.8) is 0 Å². The molecule has 2 heteroatoms. The molecule has 0 aliphatic carbocycles. The highest BCUT2D eigenvalue weighted by Gasteiger charge is 2.13. The van der Waals surface area contributed by atoms with Gasteiger partial charge < -0.3 is 5.11 Å². The van der Waals surface area contributed by atoms with Crippen LogP contribution < -0.4 is 0 Å². The van der Waals surface area contributed by atoms with Crippen LogP contribution >= 0.6 is 11.8 Å². The summed E-state index contributed by atoms with van der Waals surface area (Å²) >= 11 is 1.59. The van der Waals surface area contributed by atoms with Crippen LogP contribution in [0.5, 0.6) is 0 Å². The Balaban J connectivity index is 3.37. The fraction of sp³-hybridized carbons (Fsp3) is 1.00. The number of aliphatic hydroxyl groups is 1. The van der Waals surface area contributed by atoms with E-state index in [1.807, 2.05) is 0 Å². The molecular formula is C6H14OS. The van der Waals surface area contributed by atoms with Gasteiger partial charge in [0.1, 0.15) is 0 Å². The summed E-state index contributed by atoms with van der Waals surface area (Å²) in [7, 11) is 0. The van der Waals surface area contributed by atoms with Crippen LogP contribution in [-0.2, 0) is 0 Å². The molecule has 0 bridgehead atoms. The Morgan fingerprint density at radius 3 is 2.12 bits per heavy atom. The molecule has 0 fully saturated rings. The van der Waals surface area contributed by atoms with Gasteiger partial charge in [0, 0.05) is 4.75 Å². The molecule has 1 N–H and O–H groups in total. The van der Waals surface area contributed by atoms with Crippen LogP contribution in [0.25, 0.3) is 0 Å². The van der Waals surface area contributed by atoms with E-state index < -0.39 is 0 Å². The van der Waals surface area contributed by atoms with Crippen molar-refractivity contribution in [3.05, 3.63) is 0 Å². The lowest BCUT2D eigenvalue weighted by atomic mass is 10.1. The fourth-order valence-corrected chi connectivity index (χ4v) is 0.830. The average molecular weight is 134 g/mol. The molecule has 0 unspecified atom stereocenters. The van der Waals surface area contributed by atoms with Gasteiger partial charge in [-0.05, 0) is 6.42 Å². The predicted octanol–water partition coefficient (Wildman–Crippen LogP) is 1.86. The maximum atomic E-state index is 8.50. The molecule has 0 aromatic rings. The van der Waals surface area contributed by atoms with E-state index in [0.717, 1.165) is 6.42 Å². The van der Waals surface area contributed by atoms with Crippen molar-refractivity contribution in [1.82, 2.24) is 0 Å². The minimum absolute atomic E-state index is 0.237. The van der Waals surface area contributed by atoms with Gasteiger partial charge in [-0.1, -0.05) is 20.8 Å². The van der Waals surface area contributed by atoms with Crippen LogP contribution in [0.3, 0.4) is 0 Å². The van der Waals surface area contributed by atoms with Crippen molar-refractivity contribution in [1.29, 1.82) is 0 Å². The summed E-state index contributed by atoms with van der Waals surface area (Å²) < 4.78 is 0.259. The molecule has 0 aliphatic heterocycles. The zero-order chi connectivity index (χ0) is 6.62. The summed E-state index contributed by atoms with van der Waals surface area (Å²) in [4.78, 5) is 0. The molecule has 0 radical (unpaired) electrons. The lowest BCUT2D eigenvalue weighted by Gasteiger charge is -2.19. The molecular weight excluding hydrogens is 120 g/mol. The van der Waals surface area contributed by atoms with Gasteiger partial charge >= 0.3 is 0 Å². The van der Waals surface area contributed by atoms with Gasteiger partial charge in [0.25, 0.3) is 0 Å². The summed E-state index contributed by atoms with van der Waals surface area (Å²) in [5.41, 5.74) is 0. The van der Waals surface area contributed by atoms with Crippen LogP contribution in [0.2, 0.25) is 0 Å². The van der Waals surface area contributed by atoms with Crippen LogP contribution in [0, 0.1) is 0 Å². The Labute approximate surface area is 55.5 Å². The molecule has 0 atom stereocenters. The number of thioether (sulfide) groups is 1. The van der Waals surface area contributed by atoms with Crippen LogP contribution in [0.4, 0.5) is 0 Å². The Bertz CT molecular complexity index is 61.5. The van der Waals surface area contributed by atoms with Gasteiger partial charge in [-0.3, -0.25) is 0 Å². The van der Waals surface area contributed by atoms with Crippen molar-refractivity contribution in [3.8, 4) is 0 Å². The van der Waals surface area contributed by atoms with Crippen molar-refractivity contribution in [2.24, 2.45) is 0 Å². The molecule has 0 saturated heterocycles. The first kappa shape index (κ1) is 8.31. The summed E-state index contributed by atoms with van der Waals surface area (Å²) in [5, 5.41) is 8.50. The second-order valence-corrected chi connectivity index (χ2v) is 4.04. The summed E-state index contributed by atoms with van der Waals surface area (Å²) in [6.07, 6.45) is 1.11. The van der Waals surface area contributed by atoms with Crippen LogP contribution in [-0.4, -0.2) is 15.8 Å². The van der Waals surface area contributed by atoms with Gasteiger partial charge in [0.15, 0.2) is 0 Å². The minimum atomic E-state index is 0.237. The first-order valence-electron chi connectivity index (χ1n) is 2.87. The average Bonchev–Trinajstić information content (AvgIpc) is 1.67. The quantitative estimate of drug-likeness (QED) is 0.594. The van der Waals surface area contributed by atoms with Crippen molar-refractivity contribution < 1.29 is 5.11 Å². The van der Waals surface area contributed by atoms with E-state index in [4.69, 9.17) is 5.11 Å². The number of hydrogen-bond acceptors (Lipinski definition) is 2. The van der Waals surface area contributed by atoms with Gasteiger partial charge in [-0.2, -0.15) is 0 Å². The second kappa shape index (κ2) is 3.36. The SMILES string of the molecule is CCC(C)(C)SCO. The van der Waals surface area contributed by atoms with Gasteiger partial charge in [0.2, 0.25) is 0 Å². The standard InChI is InChI=1S/C6H14OS/c1-4-6(2,3)8-5-7/h7H,4-5H2,1-3H3. The van der Waals surface area contributed by atoms with E-state index in [0.29, 0.717) is 0 Å². The molecule has 0 aromatic heterocycles. The van der Waals surface area contributed by atoms with E-state index in [1.165, 1.54) is 0 Å². The highest BCUT2D eigenvalue weighted by atomic mass is 32.2. The second-order valence-electron chi connectivity index (χ2n) is 2.39. The summed E-state index contributed by atoms with van der Waals surface area (Å²) in [6.45, 7) is 6.39. The third-order valence-corrected chi connectivity index (χ3v) is 2.51. The van der Waals surface area contributed by atoms with E-state index in [1.54, 1.807) is 11.8 Å². The molecule has 0 heterocycles. The van der Waals surface area contributed by atoms with Gasteiger partial charge in [-0.15, -0.1) is 11.8 Å². The van der Waals surface area contributed by atoms with Crippen LogP contribution in [0.1, 0.15) is 27.2 Å². The zero-order valence-electron chi connectivity index (χ0n) is 5.77. The smallest absolute Gasteiger partial charge is 0.0891 e. The minimum Gasteiger partial charge on any atom is -0.386 e. The summed E-state index contributed by atoms with van der Waals surface area (Å²) in [5.74, 6) is 0.237. The highest BCUT2D eigenvalue weighted by molar-refractivity contribution is 8.00. The summed E-state index contributed by atoms with van der Waals surface area (Å²) in [6, 6.07) is 0.